The lowest BCUT2D eigenvalue weighted by Gasteiger charge is -2.33. The third-order valence-electron chi connectivity index (χ3n) is 24.9. The maximum Gasteiger partial charge on any atom is 0.425 e. The molecule has 0 amide bonds. The molecule has 3 heterocycles. The molecular formula is C81H117F9O24Si. The van der Waals surface area contributed by atoms with Crippen LogP contribution in [0.2, 0.25) is 19.6 Å². The smallest absolute Gasteiger partial charge is 0.425 e. The van der Waals surface area contributed by atoms with Crippen molar-refractivity contribution >= 4 is 73.7 Å². The van der Waals surface area contributed by atoms with Gasteiger partial charge in [-0.25, -0.2) is 9.59 Å². The van der Waals surface area contributed by atoms with Crippen molar-refractivity contribution in [2.75, 3.05) is 19.4 Å². The molecule has 9 fully saturated rings. The summed E-state index contributed by atoms with van der Waals surface area (Å²) in [6.45, 7) is 37.0. The molecule has 6 aliphatic carbocycles. The number of esters is 11. The van der Waals surface area contributed by atoms with Gasteiger partial charge in [-0.05, 0) is 190 Å². The highest BCUT2D eigenvalue weighted by molar-refractivity contribution is 6.76. The molecule has 3 saturated heterocycles. The summed E-state index contributed by atoms with van der Waals surface area (Å²) in [6.07, 6.45) is -13.3. The maximum atomic E-state index is 13.1. The van der Waals surface area contributed by atoms with E-state index in [-0.39, 0.29) is 78.2 Å². The number of rotatable bonds is 25. The van der Waals surface area contributed by atoms with Crippen LogP contribution < -0.4 is 0 Å². The lowest BCUT2D eigenvalue weighted by molar-refractivity contribution is -0.261. The summed E-state index contributed by atoms with van der Waals surface area (Å²) in [4.78, 5) is 135. The van der Waals surface area contributed by atoms with Crippen molar-refractivity contribution in [1.82, 2.24) is 0 Å². The lowest BCUT2D eigenvalue weighted by atomic mass is 9.73. The summed E-state index contributed by atoms with van der Waals surface area (Å²) in [5.74, 6) is -7.26. The summed E-state index contributed by atoms with van der Waals surface area (Å²) < 4.78 is 173. The van der Waals surface area contributed by atoms with Crippen LogP contribution in [0.1, 0.15) is 225 Å². The predicted molar refractivity (Wildman–Crippen MR) is 393 cm³/mol. The number of ether oxygens (including phenoxy) is 11. The first-order chi connectivity index (χ1) is 52.4. The second-order valence-corrected chi connectivity index (χ2v) is 41.9. The summed E-state index contributed by atoms with van der Waals surface area (Å²) >= 11 is 0. The Morgan fingerprint density at radius 2 is 1.03 bits per heavy atom. The van der Waals surface area contributed by atoms with Crippen LogP contribution in [0.15, 0.2) is 18.2 Å². The number of carbonyl (C=O) groups is 11. The molecule has 34 heteroatoms. The van der Waals surface area contributed by atoms with Gasteiger partial charge in [0.2, 0.25) is 5.60 Å². The van der Waals surface area contributed by atoms with Crippen LogP contribution in [-0.4, -0.2) is 170 Å². The molecule has 20 atom stereocenters. The Hall–Kier alpha value is -7.10. The van der Waals surface area contributed by atoms with Gasteiger partial charge in [-0.15, -0.1) is 0 Å². The molecule has 10 rings (SSSR count). The number of benzene rings is 1. The quantitative estimate of drug-likeness (QED) is 0.0302. The van der Waals surface area contributed by atoms with Crippen molar-refractivity contribution in [3.05, 3.63) is 34.9 Å². The van der Waals surface area contributed by atoms with E-state index >= 15 is 0 Å². The van der Waals surface area contributed by atoms with Crippen LogP contribution in [-0.2, 0) is 116 Å². The van der Waals surface area contributed by atoms with E-state index in [1.54, 1.807) is 69.2 Å². The zero-order valence-corrected chi connectivity index (χ0v) is 71.0. The third-order valence-corrected chi connectivity index (χ3v) is 25.9. The fraction of sp³-hybridized carbons (Fsp3) is 0.790. The van der Waals surface area contributed by atoms with Crippen LogP contribution in [0, 0.1) is 80.3 Å². The molecule has 20 unspecified atom stereocenters. The summed E-state index contributed by atoms with van der Waals surface area (Å²) in [5, 5.41) is 19.6. The predicted octanol–water partition coefficient (Wildman–Crippen LogP) is 13.8. The maximum absolute atomic E-state index is 13.1. The molecule has 115 heavy (non-hydrogen) atoms. The minimum absolute atomic E-state index is 0.0779. The van der Waals surface area contributed by atoms with Gasteiger partial charge >= 0.3 is 84.2 Å². The van der Waals surface area contributed by atoms with Crippen LogP contribution in [0.4, 0.5) is 39.5 Å². The van der Waals surface area contributed by atoms with Gasteiger partial charge in [0, 0.05) is 35.5 Å². The van der Waals surface area contributed by atoms with Crippen LogP contribution >= 0.6 is 0 Å². The van der Waals surface area contributed by atoms with E-state index in [9.17, 15) is 102 Å². The number of hydrogen-bond donors (Lipinski definition) is 2. The Labute approximate surface area is 666 Å². The lowest BCUT2D eigenvalue weighted by Crippen LogP contribution is -2.48. The fourth-order valence-electron chi connectivity index (χ4n) is 15.1. The number of hydrogen-bond acceptors (Lipinski definition) is 24. The highest BCUT2D eigenvalue weighted by atomic mass is 28.3. The molecule has 2 N–H and O–H groups in total. The Bertz CT molecular complexity index is 3720. The normalized spacial score (nSPS) is 28.9. The first-order valence-electron chi connectivity index (χ1n) is 39.4. The largest absolute Gasteiger partial charge is 0.469 e. The van der Waals surface area contributed by atoms with Crippen molar-refractivity contribution in [2.24, 2.45) is 80.3 Å². The number of alkyl halides is 9. The second kappa shape index (κ2) is 35.1. The number of halogens is 9. The highest BCUT2D eigenvalue weighted by Crippen LogP contribution is 2.64. The van der Waals surface area contributed by atoms with Gasteiger partial charge in [-0.1, -0.05) is 73.3 Å². The molecule has 9 aliphatic rings. The van der Waals surface area contributed by atoms with Crippen molar-refractivity contribution < 1.29 is 155 Å². The first kappa shape index (κ1) is 96.7. The van der Waals surface area contributed by atoms with Gasteiger partial charge in [-0.2, -0.15) is 39.5 Å². The molecule has 652 valence electrons. The van der Waals surface area contributed by atoms with Gasteiger partial charge < -0.3 is 62.3 Å². The van der Waals surface area contributed by atoms with Crippen LogP contribution in [0.25, 0.3) is 0 Å². The zero-order chi connectivity index (χ0) is 88.0. The number of aliphatic hydroxyl groups is 2. The van der Waals surface area contributed by atoms with Crippen LogP contribution in [0.3, 0.4) is 0 Å². The molecule has 0 radical (unpaired) electrons. The summed E-state index contributed by atoms with van der Waals surface area (Å²) in [5.41, 5.74) is -13.5. The van der Waals surface area contributed by atoms with Crippen LogP contribution in [0.5, 0.6) is 0 Å². The van der Waals surface area contributed by atoms with Crippen molar-refractivity contribution in [3.63, 3.8) is 0 Å². The van der Waals surface area contributed by atoms with E-state index in [1.165, 1.54) is 13.8 Å². The van der Waals surface area contributed by atoms with Crippen molar-refractivity contribution in [1.29, 1.82) is 0 Å². The second-order valence-electron chi connectivity index (χ2n) is 36.5. The monoisotopic (exact) mass is 1670 g/mol. The number of fused-ring (bicyclic) bond motifs is 3. The third kappa shape index (κ3) is 20.6. The minimum atomic E-state index is -5.08. The van der Waals surface area contributed by atoms with E-state index in [4.69, 9.17) is 47.4 Å². The molecule has 6 bridgehead atoms. The van der Waals surface area contributed by atoms with E-state index in [0.29, 0.717) is 76.5 Å². The molecule has 6 saturated carbocycles. The van der Waals surface area contributed by atoms with Gasteiger partial charge in [0.25, 0.3) is 0 Å². The van der Waals surface area contributed by atoms with E-state index in [0.717, 1.165) is 38.3 Å². The Morgan fingerprint density at radius 3 is 1.52 bits per heavy atom. The van der Waals surface area contributed by atoms with E-state index < -0.39 is 184 Å². The first-order valence-corrected chi connectivity index (χ1v) is 43.1. The average Bonchev–Trinajstić information content (AvgIpc) is 1.54. The molecule has 0 aromatic heterocycles. The van der Waals surface area contributed by atoms with E-state index in [2.05, 4.69) is 24.4 Å². The average molecular weight is 1670 g/mol. The summed E-state index contributed by atoms with van der Waals surface area (Å²) in [7, 11) is -1.62. The van der Waals surface area contributed by atoms with E-state index in [1.807, 2.05) is 34.6 Å². The molecule has 1 aromatic rings. The highest BCUT2D eigenvalue weighted by Gasteiger charge is 2.76. The standard InChI is InChI=1S/C21H32O8Si.C21H30O8.C16H20F6O2.C14H20O4.C9H15F3O2/c1-7-20(2,3)17(23)26-10-14(22)28-15-12-8-13-16(15)29-19(25)21(13,9-12)18(24)27-11-30(4,5)6;1-7-20(3,4)18(24)29-21(5,6)19(25)28-15-10-9-11-13(17(23)27-14(11)15)12(10)16(22)26-8-2;1-5-9(2)10-6-11(13(3,23)15(17,18)19)8-12(7-10)14(4,24)16(20,21)22;1-4-14(2,3)13(16)18-10-7-5-8-9(6-7)12(15)17-11(8)10;1-5-8(3,4)7(13)14-6(2)9(10,11)12/h12-13,15-16H,7-11H2,1-6H3;10-15H,7-9H2,1-6H3;6-9,23-24H,5H2,1-4H3;7-11H,4-6H2,1-3H3;6H,5H2,1-4H3. The van der Waals surface area contributed by atoms with Gasteiger partial charge in [-0.3, -0.25) is 43.2 Å². The SMILES string of the molecule is CCC(C)(C)C(=O)OC(C)C(F)(F)F.CCC(C)(C)C(=O)OC1C2CC3C(=O)OC1C3C2.CCC(C)(C)C(=O)OCC(=O)OC1C2CC3C1OC(=O)C3(C(=O)OC[Si](C)(C)C)C2.CCC(C)c1cc(C(C)(O)C(F)(F)F)cc(C(C)(O)C(F)(F)F)c1.CCOC(=O)C1C2CC3C(OC(=O)C31)C2OC(=O)C(C)(C)OC(=O)C(C)(C)CC. The molecule has 1 aromatic carbocycles. The molecule has 3 aliphatic heterocycles. The van der Waals surface area contributed by atoms with Crippen molar-refractivity contribution in [2.45, 2.75) is 306 Å². The van der Waals surface area contributed by atoms with Gasteiger partial charge in [0.1, 0.15) is 36.6 Å². The Kier molecular flexibility index (Phi) is 29.5. The van der Waals surface area contributed by atoms with Gasteiger partial charge in [0.05, 0.1) is 60.3 Å². The molecule has 24 nitrogen and oxygen atoms in total. The molecule has 0 spiro atoms. The Morgan fingerprint density at radius 1 is 0.539 bits per heavy atom. The Balaban J connectivity index is 0.000000229. The minimum Gasteiger partial charge on any atom is -0.469 e. The summed E-state index contributed by atoms with van der Waals surface area (Å²) in [6, 6.07) is 2.60. The fourth-order valence-corrected chi connectivity index (χ4v) is 15.7. The number of carbonyl (C=O) groups excluding carboxylic acids is 11. The molecular weight excluding hydrogens is 1560 g/mol. The van der Waals surface area contributed by atoms with Crippen molar-refractivity contribution in [3.8, 4) is 0 Å². The topological polar surface area (TPSA) is 330 Å². The zero-order valence-electron chi connectivity index (χ0n) is 70.0. The van der Waals surface area contributed by atoms with Gasteiger partial charge in [0.15, 0.2) is 29.3 Å².